The molecule has 2 aliphatic rings. The standard InChI is InChI=1S/C14H27N3/c1-11-7-6-10-17(12(11)2)14(15)16-13-8-4-3-5-9-13/h11-13H,3-10H2,1-2H3,(H2,15,16). The second kappa shape index (κ2) is 5.74. The SMILES string of the molecule is CC1CCCN(C(N)=NC2CCCCC2)C1C. The van der Waals surface area contributed by atoms with Gasteiger partial charge < -0.3 is 10.6 Å². The van der Waals surface area contributed by atoms with Crippen molar-refractivity contribution in [3.63, 3.8) is 0 Å². The van der Waals surface area contributed by atoms with Gasteiger partial charge in [0.2, 0.25) is 0 Å². The van der Waals surface area contributed by atoms with E-state index >= 15 is 0 Å². The minimum atomic E-state index is 0.494. The molecule has 0 aromatic heterocycles. The van der Waals surface area contributed by atoms with E-state index in [1.165, 1.54) is 44.9 Å². The molecule has 2 fully saturated rings. The topological polar surface area (TPSA) is 41.6 Å². The molecule has 0 radical (unpaired) electrons. The van der Waals surface area contributed by atoms with E-state index in [1.807, 2.05) is 0 Å². The van der Waals surface area contributed by atoms with Crippen molar-refractivity contribution in [3.05, 3.63) is 0 Å². The van der Waals surface area contributed by atoms with Crippen LogP contribution >= 0.6 is 0 Å². The quantitative estimate of drug-likeness (QED) is 0.563. The molecule has 17 heavy (non-hydrogen) atoms. The maximum atomic E-state index is 6.21. The number of aliphatic imine (C=N–C) groups is 1. The summed E-state index contributed by atoms with van der Waals surface area (Å²) in [6, 6.07) is 1.05. The average Bonchev–Trinajstić information content (AvgIpc) is 2.34. The summed E-state index contributed by atoms with van der Waals surface area (Å²) in [6.07, 6.45) is 9.08. The molecule has 0 bridgehead atoms. The van der Waals surface area contributed by atoms with Gasteiger partial charge in [0.1, 0.15) is 0 Å². The first kappa shape index (κ1) is 12.7. The lowest BCUT2D eigenvalue weighted by Gasteiger charge is -2.39. The van der Waals surface area contributed by atoms with Gasteiger partial charge in [-0.2, -0.15) is 0 Å². The van der Waals surface area contributed by atoms with Crippen LogP contribution in [0.4, 0.5) is 0 Å². The van der Waals surface area contributed by atoms with Crippen LogP contribution in [0.15, 0.2) is 4.99 Å². The summed E-state index contributed by atoms with van der Waals surface area (Å²) in [6.45, 7) is 5.70. The van der Waals surface area contributed by atoms with E-state index < -0.39 is 0 Å². The van der Waals surface area contributed by atoms with Crippen LogP contribution in [0.2, 0.25) is 0 Å². The lowest BCUT2D eigenvalue weighted by atomic mass is 9.92. The number of nitrogens with two attached hydrogens (primary N) is 1. The number of rotatable bonds is 1. The maximum Gasteiger partial charge on any atom is 0.191 e. The van der Waals surface area contributed by atoms with Gasteiger partial charge in [0, 0.05) is 12.6 Å². The molecule has 98 valence electrons. The molecule has 1 saturated heterocycles. The Morgan fingerprint density at radius 3 is 2.47 bits per heavy atom. The van der Waals surface area contributed by atoms with Crippen molar-refractivity contribution in [2.75, 3.05) is 6.54 Å². The molecule has 1 saturated carbocycles. The second-order valence-electron chi connectivity index (χ2n) is 5.83. The molecule has 2 unspecified atom stereocenters. The molecule has 2 rings (SSSR count). The highest BCUT2D eigenvalue weighted by atomic mass is 15.3. The Kier molecular flexibility index (Phi) is 4.30. The first-order chi connectivity index (χ1) is 8.18. The number of nitrogens with zero attached hydrogens (tertiary/aromatic N) is 2. The Balaban J connectivity index is 1.97. The van der Waals surface area contributed by atoms with Crippen LogP contribution in [0.1, 0.15) is 58.8 Å². The molecule has 0 spiro atoms. The third kappa shape index (κ3) is 3.14. The zero-order valence-corrected chi connectivity index (χ0v) is 11.4. The van der Waals surface area contributed by atoms with Crippen LogP contribution in [0, 0.1) is 5.92 Å². The number of piperidine rings is 1. The van der Waals surface area contributed by atoms with Crippen LogP contribution in [0.5, 0.6) is 0 Å². The molecule has 1 heterocycles. The summed E-state index contributed by atoms with van der Waals surface area (Å²) in [5.74, 6) is 1.54. The van der Waals surface area contributed by atoms with Crippen LogP contribution < -0.4 is 5.73 Å². The monoisotopic (exact) mass is 237 g/mol. The highest BCUT2D eigenvalue weighted by molar-refractivity contribution is 5.78. The van der Waals surface area contributed by atoms with Crippen molar-refractivity contribution in [1.29, 1.82) is 0 Å². The highest BCUT2D eigenvalue weighted by Gasteiger charge is 2.26. The van der Waals surface area contributed by atoms with Crippen LogP contribution in [0.25, 0.3) is 0 Å². The predicted octanol–water partition coefficient (Wildman–Crippen LogP) is 2.75. The van der Waals surface area contributed by atoms with E-state index in [0.29, 0.717) is 12.1 Å². The summed E-state index contributed by atoms with van der Waals surface area (Å²) in [5.41, 5.74) is 6.21. The van der Waals surface area contributed by atoms with Gasteiger partial charge in [-0.05, 0) is 38.5 Å². The zero-order valence-electron chi connectivity index (χ0n) is 11.4. The fourth-order valence-corrected chi connectivity index (χ4v) is 3.13. The molecule has 3 heteroatoms. The van der Waals surface area contributed by atoms with Gasteiger partial charge in [-0.25, -0.2) is 4.99 Å². The lowest BCUT2D eigenvalue weighted by molar-refractivity contribution is 0.188. The molecular formula is C14H27N3. The van der Waals surface area contributed by atoms with Crippen LogP contribution in [0.3, 0.4) is 0 Å². The van der Waals surface area contributed by atoms with Crippen molar-refractivity contribution in [3.8, 4) is 0 Å². The summed E-state index contributed by atoms with van der Waals surface area (Å²) in [4.78, 5) is 7.09. The van der Waals surface area contributed by atoms with E-state index in [4.69, 9.17) is 10.7 Å². The van der Waals surface area contributed by atoms with E-state index in [1.54, 1.807) is 0 Å². The molecular weight excluding hydrogens is 210 g/mol. The third-order valence-electron chi connectivity index (χ3n) is 4.56. The zero-order chi connectivity index (χ0) is 12.3. The maximum absolute atomic E-state index is 6.21. The van der Waals surface area contributed by atoms with Gasteiger partial charge in [-0.3, -0.25) is 0 Å². The van der Waals surface area contributed by atoms with E-state index in [0.717, 1.165) is 18.4 Å². The largest absolute Gasteiger partial charge is 0.370 e. The first-order valence-corrected chi connectivity index (χ1v) is 7.28. The lowest BCUT2D eigenvalue weighted by Crippen LogP contribution is -2.49. The number of hydrogen-bond donors (Lipinski definition) is 1. The summed E-state index contributed by atoms with van der Waals surface area (Å²) < 4.78 is 0. The Bertz CT molecular complexity index is 269. The fourth-order valence-electron chi connectivity index (χ4n) is 3.13. The van der Waals surface area contributed by atoms with Gasteiger partial charge in [-0.15, -0.1) is 0 Å². The molecule has 2 atom stereocenters. The Morgan fingerprint density at radius 2 is 1.76 bits per heavy atom. The molecule has 0 aromatic carbocycles. The van der Waals surface area contributed by atoms with Gasteiger partial charge in [0.15, 0.2) is 5.96 Å². The first-order valence-electron chi connectivity index (χ1n) is 7.28. The second-order valence-corrected chi connectivity index (χ2v) is 5.83. The third-order valence-corrected chi connectivity index (χ3v) is 4.56. The smallest absolute Gasteiger partial charge is 0.191 e. The number of hydrogen-bond acceptors (Lipinski definition) is 1. The fraction of sp³-hybridized carbons (Fsp3) is 0.929. The van der Waals surface area contributed by atoms with E-state index in [-0.39, 0.29) is 0 Å². The van der Waals surface area contributed by atoms with Crippen molar-refractivity contribution in [1.82, 2.24) is 4.90 Å². The Labute approximate surface area is 105 Å². The minimum absolute atomic E-state index is 0.494. The van der Waals surface area contributed by atoms with Crippen molar-refractivity contribution in [2.24, 2.45) is 16.6 Å². The Morgan fingerprint density at radius 1 is 1.06 bits per heavy atom. The van der Waals surface area contributed by atoms with Gasteiger partial charge >= 0.3 is 0 Å². The summed E-state index contributed by atoms with van der Waals surface area (Å²) in [7, 11) is 0. The number of likely N-dealkylation sites (tertiary alicyclic amines) is 1. The summed E-state index contributed by atoms with van der Waals surface area (Å²) in [5, 5.41) is 0. The van der Waals surface area contributed by atoms with Crippen molar-refractivity contribution >= 4 is 5.96 Å². The molecule has 1 aliphatic heterocycles. The van der Waals surface area contributed by atoms with Crippen LogP contribution in [-0.2, 0) is 0 Å². The molecule has 0 aromatic rings. The van der Waals surface area contributed by atoms with Crippen LogP contribution in [-0.4, -0.2) is 29.5 Å². The normalized spacial score (nSPS) is 32.8. The van der Waals surface area contributed by atoms with Crippen molar-refractivity contribution < 1.29 is 0 Å². The molecule has 3 nitrogen and oxygen atoms in total. The van der Waals surface area contributed by atoms with E-state index in [9.17, 15) is 0 Å². The summed E-state index contributed by atoms with van der Waals surface area (Å²) >= 11 is 0. The van der Waals surface area contributed by atoms with Gasteiger partial charge in [-0.1, -0.05) is 26.2 Å². The average molecular weight is 237 g/mol. The highest BCUT2D eigenvalue weighted by Crippen LogP contribution is 2.24. The predicted molar refractivity (Wildman–Crippen MR) is 73.1 cm³/mol. The van der Waals surface area contributed by atoms with Gasteiger partial charge in [0.25, 0.3) is 0 Å². The Hall–Kier alpha value is -0.730. The van der Waals surface area contributed by atoms with Gasteiger partial charge in [0.05, 0.1) is 6.04 Å². The molecule has 0 amide bonds. The number of guanidine groups is 1. The van der Waals surface area contributed by atoms with Crippen molar-refractivity contribution in [2.45, 2.75) is 70.9 Å². The molecule has 1 aliphatic carbocycles. The minimum Gasteiger partial charge on any atom is -0.370 e. The van der Waals surface area contributed by atoms with E-state index in [2.05, 4.69) is 18.7 Å². The molecule has 2 N–H and O–H groups in total.